The summed E-state index contributed by atoms with van der Waals surface area (Å²) in [5, 5.41) is 6.02. The highest BCUT2D eigenvalue weighted by molar-refractivity contribution is 5.84. The highest BCUT2D eigenvalue weighted by atomic mass is 16.5. The van der Waals surface area contributed by atoms with E-state index < -0.39 is 6.09 Å². The van der Waals surface area contributed by atoms with Crippen molar-refractivity contribution in [3.63, 3.8) is 0 Å². The number of nitrogens with one attached hydrogen (secondary N) is 2. The van der Waals surface area contributed by atoms with E-state index in [1.807, 2.05) is 12.1 Å². The van der Waals surface area contributed by atoms with E-state index in [9.17, 15) is 4.79 Å². The average Bonchev–Trinajstić information content (AvgIpc) is 2.46. The van der Waals surface area contributed by atoms with E-state index in [1.165, 1.54) is 12.8 Å². The number of carbonyl (C=O) groups is 1. The Kier molecular flexibility index (Phi) is 5.03. The number of hydrogen-bond acceptors (Lipinski definition) is 4. The topological polar surface area (TPSA) is 59.6 Å². The molecule has 2 N–H and O–H groups in total. The Balaban J connectivity index is 1.76. The third-order valence-electron chi connectivity index (χ3n) is 3.14. The summed E-state index contributed by atoms with van der Waals surface area (Å²) < 4.78 is 10.3. The maximum atomic E-state index is 11.7. The van der Waals surface area contributed by atoms with E-state index in [0.29, 0.717) is 18.0 Å². The van der Waals surface area contributed by atoms with Crippen LogP contribution in [-0.4, -0.2) is 32.4 Å². The van der Waals surface area contributed by atoms with Gasteiger partial charge >= 0.3 is 6.09 Å². The van der Waals surface area contributed by atoms with Crippen LogP contribution in [0, 0.1) is 0 Å². The lowest BCUT2D eigenvalue weighted by atomic mass is 10.1. The normalized spacial score (nSPS) is 18.7. The van der Waals surface area contributed by atoms with Crippen molar-refractivity contribution in [1.82, 2.24) is 5.32 Å². The molecule has 0 saturated carbocycles. The second kappa shape index (κ2) is 6.99. The van der Waals surface area contributed by atoms with Gasteiger partial charge in [0.05, 0.1) is 7.11 Å². The molecule has 1 aromatic rings. The van der Waals surface area contributed by atoms with E-state index in [-0.39, 0.29) is 6.04 Å². The highest BCUT2D eigenvalue weighted by Gasteiger charge is 2.14. The van der Waals surface area contributed by atoms with Gasteiger partial charge in [0.15, 0.2) is 0 Å². The van der Waals surface area contributed by atoms with Gasteiger partial charge in [0.2, 0.25) is 0 Å². The molecule has 1 saturated heterocycles. The first-order valence-electron chi connectivity index (χ1n) is 6.59. The molecule has 5 nitrogen and oxygen atoms in total. The van der Waals surface area contributed by atoms with E-state index in [1.54, 1.807) is 19.2 Å². The van der Waals surface area contributed by atoms with Gasteiger partial charge in [0.1, 0.15) is 12.4 Å². The molecule has 1 fully saturated rings. The van der Waals surface area contributed by atoms with Crippen LogP contribution in [0.15, 0.2) is 24.3 Å². The summed E-state index contributed by atoms with van der Waals surface area (Å²) in [6, 6.07) is 7.47. The van der Waals surface area contributed by atoms with Crippen molar-refractivity contribution in [2.75, 3.05) is 25.6 Å². The maximum absolute atomic E-state index is 11.7. The molecule has 19 heavy (non-hydrogen) atoms. The lowest BCUT2D eigenvalue weighted by Gasteiger charge is -2.22. The number of amides is 1. The van der Waals surface area contributed by atoms with Crippen molar-refractivity contribution in [2.24, 2.45) is 0 Å². The van der Waals surface area contributed by atoms with Crippen LogP contribution in [0.4, 0.5) is 10.5 Å². The van der Waals surface area contributed by atoms with Crippen LogP contribution in [0.5, 0.6) is 5.75 Å². The predicted molar refractivity (Wildman–Crippen MR) is 73.6 cm³/mol. The smallest absolute Gasteiger partial charge is 0.411 e. The zero-order valence-corrected chi connectivity index (χ0v) is 11.1. The molecule has 1 heterocycles. The number of methoxy groups -OCH3 is 1. The molecule has 1 atom stereocenters. The number of rotatable bonds is 4. The van der Waals surface area contributed by atoms with Gasteiger partial charge in [-0.2, -0.15) is 0 Å². The number of hydrogen-bond donors (Lipinski definition) is 2. The number of ether oxygens (including phenoxy) is 2. The summed E-state index contributed by atoms with van der Waals surface area (Å²) in [6.45, 7) is 1.42. The summed E-state index contributed by atoms with van der Waals surface area (Å²) in [6.07, 6.45) is 3.03. The Morgan fingerprint density at radius 2 is 2.37 bits per heavy atom. The van der Waals surface area contributed by atoms with E-state index in [0.717, 1.165) is 13.0 Å². The third kappa shape index (κ3) is 4.44. The fraction of sp³-hybridized carbons (Fsp3) is 0.500. The van der Waals surface area contributed by atoms with Crippen molar-refractivity contribution in [1.29, 1.82) is 0 Å². The number of benzene rings is 1. The van der Waals surface area contributed by atoms with E-state index in [2.05, 4.69) is 10.6 Å². The van der Waals surface area contributed by atoms with Gasteiger partial charge in [0, 0.05) is 17.8 Å². The largest absolute Gasteiger partial charge is 0.497 e. The first kappa shape index (κ1) is 13.7. The molecule has 1 aliphatic rings. The molecule has 1 aromatic carbocycles. The Bertz CT molecular complexity index is 417. The van der Waals surface area contributed by atoms with Crippen molar-refractivity contribution in [3.05, 3.63) is 24.3 Å². The van der Waals surface area contributed by atoms with E-state index >= 15 is 0 Å². The van der Waals surface area contributed by atoms with Gasteiger partial charge in [-0.1, -0.05) is 12.5 Å². The molecular formula is C14H20N2O3. The van der Waals surface area contributed by atoms with Crippen LogP contribution in [0.1, 0.15) is 19.3 Å². The van der Waals surface area contributed by atoms with Crippen LogP contribution in [0.25, 0.3) is 0 Å². The Labute approximate surface area is 113 Å². The minimum absolute atomic E-state index is 0.282. The monoisotopic (exact) mass is 264 g/mol. The van der Waals surface area contributed by atoms with E-state index in [4.69, 9.17) is 9.47 Å². The summed E-state index contributed by atoms with van der Waals surface area (Å²) in [4.78, 5) is 11.7. The Morgan fingerprint density at radius 3 is 3.11 bits per heavy atom. The van der Waals surface area contributed by atoms with Gasteiger partial charge in [-0.3, -0.25) is 5.32 Å². The second-order valence-electron chi connectivity index (χ2n) is 4.60. The maximum Gasteiger partial charge on any atom is 0.411 e. The molecule has 0 aromatic heterocycles. The molecule has 0 aliphatic carbocycles. The van der Waals surface area contributed by atoms with Gasteiger partial charge in [-0.05, 0) is 31.5 Å². The summed E-state index contributed by atoms with van der Waals surface area (Å²) >= 11 is 0. The first-order valence-corrected chi connectivity index (χ1v) is 6.59. The molecule has 0 radical (unpaired) electrons. The van der Waals surface area contributed by atoms with Gasteiger partial charge in [0.25, 0.3) is 0 Å². The molecular weight excluding hydrogens is 244 g/mol. The van der Waals surface area contributed by atoms with Gasteiger partial charge in [-0.25, -0.2) is 4.79 Å². The van der Waals surface area contributed by atoms with Gasteiger partial charge < -0.3 is 14.8 Å². The molecule has 0 bridgehead atoms. The molecule has 1 unspecified atom stereocenters. The van der Waals surface area contributed by atoms with Crippen molar-refractivity contribution >= 4 is 11.8 Å². The van der Waals surface area contributed by atoms with Crippen LogP contribution in [-0.2, 0) is 4.74 Å². The van der Waals surface area contributed by atoms with Gasteiger partial charge in [-0.15, -0.1) is 0 Å². The molecule has 5 heteroatoms. The number of carbonyl (C=O) groups excluding carboxylic acids is 1. The quantitative estimate of drug-likeness (QED) is 0.876. The molecule has 1 aliphatic heterocycles. The van der Waals surface area contributed by atoms with Crippen LogP contribution in [0.2, 0.25) is 0 Å². The zero-order valence-electron chi connectivity index (χ0n) is 11.1. The fourth-order valence-corrected chi connectivity index (χ4v) is 2.10. The minimum atomic E-state index is -0.430. The van der Waals surface area contributed by atoms with Crippen molar-refractivity contribution in [2.45, 2.75) is 25.3 Å². The molecule has 104 valence electrons. The zero-order chi connectivity index (χ0) is 13.5. The molecule has 0 spiro atoms. The third-order valence-corrected chi connectivity index (χ3v) is 3.14. The lowest BCUT2D eigenvalue weighted by Crippen LogP contribution is -2.38. The summed E-state index contributed by atoms with van der Waals surface area (Å²) in [5.74, 6) is 0.701. The predicted octanol–water partition coefficient (Wildman–Crippen LogP) is 2.39. The van der Waals surface area contributed by atoms with Crippen molar-refractivity contribution in [3.8, 4) is 5.75 Å². The fourth-order valence-electron chi connectivity index (χ4n) is 2.10. The SMILES string of the molecule is COc1cccc(NC(=O)OCC2CCCCN2)c1. The average molecular weight is 264 g/mol. The number of anilines is 1. The first-order chi connectivity index (χ1) is 9.28. The molecule has 2 rings (SSSR count). The van der Waals surface area contributed by atoms with Crippen LogP contribution < -0.4 is 15.4 Å². The van der Waals surface area contributed by atoms with Crippen molar-refractivity contribution < 1.29 is 14.3 Å². The second-order valence-corrected chi connectivity index (χ2v) is 4.60. The summed E-state index contributed by atoms with van der Waals surface area (Å²) in [5.41, 5.74) is 0.668. The van der Waals surface area contributed by atoms with Crippen LogP contribution in [0.3, 0.4) is 0 Å². The lowest BCUT2D eigenvalue weighted by molar-refractivity contribution is 0.141. The highest BCUT2D eigenvalue weighted by Crippen LogP contribution is 2.16. The number of piperidine rings is 1. The van der Waals surface area contributed by atoms with Crippen LogP contribution >= 0.6 is 0 Å². The minimum Gasteiger partial charge on any atom is -0.497 e. The Hall–Kier alpha value is -1.75. The molecule has 1 amide bonds. The Morgan fingerprint density at radius 1 is 1.47 bits per heavy atom. The summed E-state index contributed by atoms with van der Waals surface area (Å²) in [7, 11) is 1.59. The standard InChI is InChI=1S/C14H20N2O3/c1-18-13-7-4-6-11(9-13)16-14(17)19-10-12-5-2-3-8-15-12/h4,6-7,9,12,15H,2-3,5,8,10H2,1H3,(H,16,17).